The Kier molecular flexibility index (Phi) is 5.16. The van der Waals surface area contributed by atoms with Gasteiger partial charge >= 0.3 is 0 Å². The van der Waals surface area contributed by atoms with E-state index in [2.05, 4.69) is 0 Å². The summed E-state index contributed by atoms with van der Waals surface area (Å²) in [7, 11) is 6.28. The van der Waals surface area contributed by atoms with E-state index in [9.17, 15) is 5.11 Å². The Labute approximate surface area is 158 Å². The topological polar surface area (TPSA) is 83.2 Å². The van der Waals surface area contributed by atoms with Crippen LogP contribution in [0.25, 0.3) is 10.8 Å². The zero-order valence-corrected chi connectivity index (χ0v) is 15.8. The maximum Gasteiger partial charge on any atom is 0.203 e. The van der Waals surface area contributed by atoms with Crippen molar-refractivity contribution in [3.05, 3.63) is 47.5 Å². The van der Waals surface area contributed by atoms with Crippen LogP contribution in [-0.4, -0.2) is 33.5 Å². The highest BCUT2D eigenvalue weighted by atomic mass is 16.5. The van der Waals surface area contributed by atoms with Gasteiger partial charge in [-0.1, -0.05) is 12.1 Å². The molecule has 0 amide bonds. The number of ether oxygens (including phenoxy) is 4. The van der Waals surface area contributed by atoms with Crippen LogP contribution < -0.4 is 24.7 Å². The zero-order chi connectivity index (χ0) is 19.6. The smallest absolute Gasteiger partial charge is 0.203 e. The highest BCUT2D eigenvalue weighted by Crippen LogP contribution is 2.41. The van der Waals surface area contributed by atoms with E-state index in [0.29, 0.717) is 40.5 Å². The first-order valence-corrected chi connectivity index (χ1v) is 8.39. The normalized spacial score (nSPS) is 10.7. The number of benzene rings is 3. The van der Waals surface area contributed by atoms with Crippen molar-refractivity contribution in [3.63, 3.8) is 0 Å². The number of nitrogens with two attached hydrogens (primary N) is 1. The van der Waals surface area contributed by atoms with E-state index in [4.69, 9.17) is 24.7 Å². The maximum absolute atomic E-state index is 10.8. The van der Waals surface area contributed by atoms with E-state index in [1.807, 2.05) is 24.3 Å². The average Bonchev–Trinajstić information content (AvgIpc) is 2.69. The molecule has 6 nitrogen and oxygen atoms in total. The molecule has 3 aromatic rings. The van der Waals surface area contributed by atoms with E-state index < -0.39 is 0 Å². The van der Waals surface area contributed by atoms with Gasteiger partial charge in [-0.2, -0.15) is 0 Å². The predicted octanol–water partition coefficient (Wildman–Crippen LogP) is 3.75. The van der Waals surface area contributed by atoms with Crippen LogP contribution in [0.5, 0.6) is 28.7 Å². The number of phenols is 1. The number of phenolic OH excluding ortho intramolecular Hbond substituents is 1. The molecule has 0 heterocycles. The van der Waals surface area contributed by atoms with E-state index >= 15 is 0 Å². The molecule has 0 aliphatic rings. The summed E-state index contributed by atoms with van der Waals surface area (Å²) in [4.78, 5) is 0. The summed E-state index contributed by atoms with van der Waals surface area (Å²) < 4.78 is 21.4. The molecular weight excluding hydrogens is 346 g/mol. The minimum atomic E-state index is 0.190. The van der Waals surface area contributed by atoms with Gasteiger partial charge in [-0.05, 0) is 35.4 Å². The van der Waals surface area contributed by atoms with Gasteiger partial charge in [-0.3, -0.25) is 0 Å². The second-order valence-corrected chi connectivity index (χ2v) is 6.06. The van der Waals surface area contributed by atoms with Gasteiger partial charge in [0.2, 0.25) is 5.75 Å². The van der Waals surface area contributed by atoms with Crippen LogP contribution in [0.2, 0.25) is 0 Å². The molecule has 0 radical (unpaired) electrons. The molecule has 3 N–H and O–H groups in total. The van der Waals surface area contributed by atoms with Crippen LogP contribution in [0.1, 0.15) is 11.1 Å². The van der Waals surface area contributed by atoms with Gasteiger partial charge in [0, 0.05) is 17.2 Å². The summed E-state index contributed by atoms with van der Waals surface area (Å²) in [6.07, 6.45) is 0.490. The Bertz CT molecular complexity index is 959. The van der Waals surface area contributed by atoms with E-state index in [-0.39, 0.29) is 5.75 Å². The predicted molar refractivity (Wildman–Crippen MR) is 105 cm³/mol. The fourth-order valence-corrected chi connectivity index (χ4v) is 3.22. The highest BCUT2D eigenvalue weighted by molar-refractivity contribution is 5.99. The van der Waals surface area contributed by atoms with Gasteiger partial charge in [0.1, 0.15) is 11.5 Å². The summed E-state index contributed by atoms with van der Waals surface area (Å²) in [5.74, 6) is 2.45. The largest absolute Gasteiger partial charge is 0.507 e. The van der Waals surface area contributed by atoms with Crippen LogP contribution in [0, 0.1) is 0 Å². The van der Waals surface area contributed by atoms with Gasteiger partial charge in [-0.15, -0.1) is 0 Å². The lowest BCUT2D eigenvalue weighted by molar-refractivity contribution is 0.324. The molecule has 27 heavy (non-hydrogen) atoms. The fraction of sp³-hybridized carbons (Fsp3) is 0.238. The number of methoxy groups -OCH3 is 4. The Morgan fingerprint density at radius 1 is 0.778 bits per heavy atom. The minimum Gasteiger partial charge on any atom is -0.507 e. The number of rotatable bonds is 6. The summed E-state index contributed by atoms with van der Waals surface area (Å²) >= 11 is 0. The second-order valence-electron chi connectivity index (χ2n) is 6.06. The van der Waals surface area contributed by atoms with E-state index in [1.165, 1.54) is 0 Å². The van der Waals surface area contributed by atoms with Crippen molar-refractivity contribution in [1.29, 1.82) is 0 Å². The quantitative estimate of drug-likeness (QED) is 0.644. The Morgan fingerprint density at radius 3 is 1.93 bits per heavy atom. The first-order chi connectivity index (χ1) is 13.0. The molecule has 0 unspecified atom stereocenters. The molecule has 0 atom stereocenters. The molecule has 0 bridgehead atoms. The molecule has 0 saturated carbocycles. The van der Waals surface area contributed by atoms with Gasteiger partial charge in [0.15, 0.2) is 11.5 Å². The Morgan fingerprint density at radius 2 is 1.37 bits per heavy atom. The standard InChI is InChI=1S/C21H23NO5/c1-24-16-8-7-15-14(19(16)22)6-5-13(20(15)23)9-12-10-17(25-2)21(27-4)18(11-12)26-3/h5-8,10-11,23H,9,22H2,1-4H3. The molecule has 3 aromatic carbocycles. The molecule has 6 heteroatoms. The molecule has 0 saturated heterocycles. The fourth-order valence-electron chi connectivity index (χ4n) is 3.22. The lowest BCUT2D eigenvalue weighted by atomic mass is 9.98. The Balaban J connectivity index is 2.06. The number of aromatic hydroxyl groups is 1. The third kappa shape index (κ3) is 3.26. The van der Waals surface area contributed by atoms with Crippen LogP contribution in [-0.2, 0) is 6.42 Å². The van der Waals surface area contributed by atoms with Gasteiger partial charge in [-0.25, -0.2) is 0 Å². The first kappa shape index (κ1) is 18.5. The van der Waals surface area contributed by atoms with Crippen LogP contribution in [0.3, 0.4) is 0 Å². The molecule has 0 aliphatic carbocycles. The van der Waals surface area contributed by atoms with Crippen molar-refractivity contribution in [1.82, 2.24) is 0 Å². The number of hydrogen-bond donors (Lipinski definition) is 2. The number of hydrogen-bond acceptors (Lipinski definition) is 6. The first-order valence-electron chi connectivity index (χ1n) is 8.39. The summed E-state index contributed by atoms with van der Waals surface area (Å²) in [5.41, 5.74) is 8.31. The highest BCUT2D eigenvalue weighted by Gasteiger charge is 2.16. The third-order valence-corrected chi connectivity index (χ3v) is 4.60. The molecule has 0 fully saturated rings. The van der Waals surface area contributed by atoms with Crippen LogP contribution in [0.15, 0.2) is 36.4 Å². The number of anilines is 1. The van der Waals surface area contributed by atoms with E-state index in [1.54, 1.807) is 40.6 Å². The molecular formula is C21H23NO5. The van der Waals surface area contributed by atoms with Crippen molar-refractivity contribution < 1.29 is 24.1 Å². The monoisotopic (exact) mass is 369 g/mol. The summed E-state index contributed by atoms with van der Waals surface area (Å²) in [6.45, 7) is 0. The minimum absolute atomic E-state index is 0.190. The van der Waals surface area contributed by atoms with Crippen molar-refractivity contribution >= 4 is 16.5 Å². The summed E-state index contributed by atoms with van der Waals surface area (Å²) in [5, 5.41) is 12.2. The van der Waals surface area contributed by atoms with Gasteiger partial charge in [0.25, 0.3) is 0 Å². The number of nitrogen functional groups attached to an aromatic ring is 1. The SMILES string of the molecule is COc1cc(Cc2ccc3c(N)c(OC)ccc3c2O)cc(OC)c1OC. The van der Waals surface area contributed by atoms with Crippen LogP contribution in [0.4, 0.5) is 5.69 Å². The third-order valence-electron chi connectivity index (χ3n) is 4.60. The number of fused-ring (bicyclic) bond motifs is 1. The lowest BCUT2D eigenvalue weighted by Gasteiger charge is -2.15. The lowest BCUT2D eigenvalue weighted by Crippen LogP contribution is -1.98. The molecule has 142 valence electrons. The zero-order valence-electron chi connectivity index (χ0n) is 15.8. The second kappa shape index (κ2) is 7.53. The van der Waals surface area contributed by atoms with Crippen LogP contribution >= 0.6 is 0 Å². The molecule has 3 rings (SSSR count). The molecule has 0 aromatic heterocycles. The summed E-state index contributed by atoms with van der Waals surface area (Å²) in [6, 6.07) is 11.0. The average molecular weight is 369 g/mol. The van der Waals surface area contributed by atoms with Gasteiger partial charge in [0.05, 0.1) is 34.1 Å². The van der Waals surface area contributed by atoms with Crippen molar-refractivity contribution in [2.75, 3.05) is 34.2 Å². The maximum atomic E-state index is 10.8. The molecule has 0 spiro atoms. The molecule has 0 aliphatic heterocycles. The Hall–Kier alpha value is -3.28. The van der Waals surface area contributed by atoms with Crippen molar-refractivity contribution in [2.24, 2.45) is 0 Å². The van der Waals surface area contributed by atoms with Crippen molar-refractivity contribution in [2.45, 2.75) is 6.42 Å². The van der Waals surface area contributed by atoms with Gasteiger partial charge < -0.3 is 29.8 Å². The van der Waals surface area contributed by atoms with E-state index in [0.717, 1.165) is 16.5 Å². The van der Waals surface area contributed by atoms with Crippen molar-refractivity contribution in [3.8, 4) is 28.7 Å².